The van der Waals surface area contributed by atoms with Crippen molar-refractivity contribution in [2.24, 2.45) is 17.8 Å². The molecule has 0 aliphatic heterocycles. The average molecular weight is 178 g/mol. The van der Waals surface area contributed by atoms with Gasteiger partial charge in [-0.25, -0.2) is 0 Å². The molecule has 0 saturated carbocycles. The third kappa shape index (κ3) is 4.60. The highest BCUT2D eigenvalue weighted by Crippen LogP contribution is 2.27. The van der Waals surface area contributed by atoms with Crippen LogP contribution in [0.1, 0.15) is 27.7 Å². The zero-order valence-electron chi connectivity index (χ0n) is 7.79. The Labute approximate surface area is 69.9 Å². The molecule has 0 aliphatic carbocycles. The molecule has 0 aromatic heterocycles. The Morgan fingerprint density at radius 2 is 1.73 bits per heavy atom. The SMILES string of the molecule is CC(C)C(C)C(C)C[PH](=O)O. The van der Waals surface area contributed by atoms with Crippen LogP contribution in [0.5, 0.6) is 0 Å². The molecule has 3 heteroatoms. The minimum Gasteiger partial charge on any atom is -0.346 e. The minimum absolute atomic E-state index is 0.367. The summed E-state index contributed by atoms with van der Waals surface area (Å²) >= 11 is 0. The summed E-state index contributed by atoms with van der Waals surface area (Å²) in [6.45, 7) is 8.48. The summed E-state index contributed by atoms with van der Waals surface area (Å²) in [6, 6.07) is 0. The quantitative estimate of drug-likeness (QED) is 0.671. The van der Waals surface area contributed by atoms with E-state index in [4.69, 9.17) is 4.89 Å². The molecule has 0 rings (SSSR count). The Bertz CT molecular complexity index is 134. The van der Waals surface area contributed by atoms with Gasteiger partial charge in [0.2, 0.25) is 0 Å². The van der Waals surface area contributed by atoms with Gasteiger partial charge in [0.15, 0.2) is 8.03 Å². The molecule has 0 bridgehead atoms. The van der Waals surface area contributed by atoms with Crippen molar-refractivity contribution in [2.75, 3.05) is 6.16 Å². The lowest BCUT2D eigenvalue weighted by molar-refractivity contribution is 0.314. The minimum atomic E-state index is -2.26. The van der Waals surface area contributed by atoms with Crippen molar-refractivity contribution in [1.29, 1.82) is 0 Å². The Hall–Kier alpha value is 0.190. The number of hydrogen-bond acceptors (Lipinski definition) is 1. The van der Waals surface area contributed by atoms with E-state index >= 15 is 0 Å². The van der Waals surface area contributed by atoms with Crippen molar-refractivity contribution >= 4 is 8.03 Å². The van der Waals surface area contributed by atoms with Gasteiger partial charge in [0.25, 0.3) is 0 Å². The van der Waals surface area contributed by atoms with Crippen molar-refractivity contribution in [3.05, 3.63) is 0 Å². The molecule has 0 aromatic rings. The Morgan fingerprint density at radius 1 is 1.27 bits per heavy atom. The van der Waals surface area contributed by atoms with E-state index in [0.717, 1.165) is 0 Å². The second kappa shape index (κ2) is 4.95. The first-order valence-corrected chi connectivity index (χ1v) is 5.73. The van der Waals surface area contributed by atoms with Crippen molar-refractivity contribution in [3.63, 3.8) is 0 Å². The molecule has 0 fully saturated rings. The van der Waals surface area contributed by atoms with Crippen LogP contribution in [-0.4, -0.2) is 11.1 Å². The summed E-state index contributed by atoms with van der Waals surface area (Å²) < 4.78 is 10.5. The van der Waals surface area contributed by atoms with E-state index in [1.54, 1.807) is 0 Å². The summed E-state index contributed by atoms with van der Waals surface area (Å²) in [5, 5.41) is 0. The topological polar surface area (TPSA) is 37.3 Å². The number of rotatable bonds is 4. The number of hydrogen-bond donors (Lipinski definition) is 1. The van der Waals surface area contributed by atoms with Crippen molar-refractivity contribution in [2.45, 2.75) is 27.7 Å². The maximum atomic E-state index is 10.5. The van der Waals surface area contributed by atoms with E-state index in [2.05, 4.69) is 20.8 Å². The monoisotopic (exact) mass is 178 g/mol. The summed E-state index contributed by atoms with van der Waals surface area (Å²) in [5.41, 5.74) is 0. The predicted octanol–water partition coefficient (Wildman–Crippen LogP) is 2.38. The van der Waals surface area contributed by atoms with E-state index in [9.17, 15) is 4.57 Å². The molecule has 68 valence electrons. The molecule has 3 unspecified atom stereocenters. The molecule has 0 saturated heterocycles. The zero-order valence-corrected chi connectivity index (χ0v) is 8.79. The molecule has 2 nitrogen and oxygen atoms in total. The fourth-order valence-electron chi connectivity index (χ4n) is 1.12. The highest BCUT2D eigenvalue weighted by molar-refractivity contribution is 7.38. The smallest absolute Gasteiger partial charge is 0.189 e. The Morgan fingerprint density at radius 3 is 2.00 bits per heavy atom. The van der Waals surface area contributed by atoms with Gasteiger partial charge in [-0.2, -0.15) is 0 Å². The molecule has 0 amide bonds. The van der Waals surface area contributed by atoms with Crippen LogP contribution >= 0.6 is 8.03 Å². The van der Waals surface area contributed by atoms with Crippen LogP contribution in [0.2, 0.25) is 0 Å². The van der Waals surface area contributed by atoms with Crippen molar-refractivity contribution in [1.82, 2.24) is 0 Å². The van der Waals surface area contributed by atoms with Gasteiger partial charge < -0.3 is 4.89 Å². The van der Waals surface area contributed by atoms with E-state index in [1.807, 2.05) is 6.92 Å². The Kier molecular flexibility index (Phi) is 5.03. The molecule has 0 heterocycles. The fourth-order valence-corrected chi connectivity index (χ4v) is 2.04. The molecule has 1 N–H and O–H groups in total. The van der Waals surface area contributed by atoms with Crippen LogP contribution in [0.25, 0.3) is 0 Å². The normalized spacial score (nSPS) is 19.8. The maximum Gasteiger partial charge on any atom is 0.189 e. The fraction of sp³-hybridized carbons (Fsp3) is 1.00. The lowest BCUT2D eigenvalue weighted by atomic mass is 9.87. The standard InChI is InChI=1S/C8H19O2P/c1-6(2)8(4)7(3)5-11(9)10/h6-8,11H,5H2,1-4H3,(H,9,10). The molecular weight excluding hydrogens is 159 g/mol. The van der Waals surface area contributed by atoms with Crippen LogP contribution < -0.4 is 0 Å². The third-order valence-corrected chi connectivity index (χ3v) is 3.44. The first-order chi connectivity index (χ1) is 4.95. The highest BCUT2D eigenvalue weighted by Gasteiger charge is 2.16. The Balaban J connectivity index is 3.82. The first-order valence-electron chi connectivity index (χ1n) is 4.17. The second-order valence-corrected chi connectivity index (χ2v) is 4.87. The van der Waals surface area contributed by atoms with E-state index in [-0.39, 0.29) is 0 Å². The summed E-state index contributed by atoms with van der Waals surface area (Å²) in [6.07, 6.45) is 0.476. The van der Waals surface area contributed by atoms with Crippen LogP contribution in [0.4, 0.5) is 0 Å². The van der Waals surface area contributed by atoms with Gasteiger partial charge in [0.1, 0.15) is 0 Å². The van der Waals surface area contributed by atoms with Gasteiger partial charge in [0, 0.05) is 6.16 Å². The highest BCUT2D eigenvalue weighted by atomic mass is 31.1. The predicted molar refractivity (Wildman–Crippen MR) is 49.3 cm³/mol. The van der Waals surface area contributed by atoms with E-state index in [0.29, 0.717) is 23.9 Å². The van der Waals surface area contributed by atoms with Gasteiger partial charge in [-0.15, -0.1) is 0 Å². The van der Waals surface area contributed by atoms with Crippen LogP contribution in [0.15, 0.2) is 0 Å². The average Bonchev–Trinajstić information content (AvgIpc) is 1.84. The molecular formula is C8H19O2P. The van der Waals surface area contributed by atoms with Gasteiger partial charge >= 0.3 is 0 Å². The third-order valence-electron chi connectivity index (χ3n) is 2.45. The molecule has 3 atom stereocenters. The molecule has 11 heavy (non-hydrogen) atoms. The summed E-state index contributed by atoms with van der Waals surface area (Å²) in [5.74, 6) is 1.51. The molecule has 0 aliphatic rings. The van der Waals surface area contributed by atoms with Crippen LogP contribution in [-0.2, 0) is 4.57 Å². The van der Waals surface area contributed by atoms with Gasteiger partial charge in [-0.3, -0.25) is 4.57 Å². The van der Waals surface area contributed by atoms with Crippen LogP contribution in [0, 0.1) is 17.8 Å². The first kappa shape index (κ1) is 11.2. The van der Waals surface area contributed by atoms with E-state index in [1.165, 1.54) is 0 Å². The van der Waals surface area contributed by atoms with Crippen molar-refractivity contribution in [3.8, 4) is 0 Å². The molecule has 0 aromatic carbocycles. The van der Waals surface area contributed by atoms with Gasteiger partial charge in [-0.05, 0) is 17.8 Å². The van der Waals surface area contributed by atoms with Gasteiger partial charge in [-0.1, -0.05) is 27.7 Å². The van der Waals surface area contributed by atoms with Crippen molar-refractivity contribution < 1.29 is 9.46 Å². The molecule has 0 spiro atoms. The lowest BCUT2D eigenvalue weighted by Crippen LogP contribution is -2.16. The zero-order chi connectivity index (χ0) is 9.02. The maximum absolute atomic E-state index is 10.5. The van der Waals surface area contributed by atoms with Gasteiger partial charge in [0.05, 0.1) is 0 Å². The largest absolute Gasteiger partial charge is 0.346 e. The molecule has 0 radical (unpaired) electrons. The van der Waals surface area contributed by atoms with E-state index < -0.39 is 8.03 Å². The second-order valence-electron chi connectivity index (χ2n) is 3.68. The summed E-state index contributed by atoms with van der Waals surface area (Å²) in [7, 11) is -2.26. The lowest BCUT2D eigenvalue weighted by Gasteiger charge is -2.21. The van der Waals surface area contributed by atoms with Crippen LogP contribution in [0.3, 0.4) is 0 Å². The summed E-state index contributed by atoms with van der Waals surface area (Å²) in [4.78, 5) is 8.70.